The van der Waals surface area contributed by atoms with Gasteiger partial charge in [-0.2, -0.15) is 0 Å². The van der Waals surface area contributed by atoms with Crippen molar-refractivity contribution >= 4 is 12.4 Å². The first kappa shape index (κ1) is 10.5. The Kier molecular flexibility index (Phi) is 2.24. The van der Waals surface area contributed by atoms with E-state index in [0.29, 0.717) is 18.4 Å². The molecule has 2 rings (SSSR count). The summed E-state index contributed by atoms with van der Waals surface area (Å²) in [5.41, 5.74) is -0.489. The SMILES string of the molecule is CC(C)(C)OC(=O)N1C[C@@H]2C[C@@H]2[C@@H]1C=O. The molecule has 1 heterocycles. The van der Waals surface area contributed by atoms with Gasteiger partial charge < -0.3 is 9.53 Å². The van der Waals surface area contributed by atoms with Gasteiger partial charge in [-0.25, -0.2) is 4.79 Å². The van der Waals surface area contributed by atoms with Gasteiger partial charge in [-0.1, -0.05) is 0 Å². The van der Waals surface area contributed by atoms with E-state index in [9.17, 15) is 9.59 Å². The third kappa shape index (κ3) is 1.98. The number of carbonyl (C=O) groups is 2. The largest absolute Gasteiger partial charge is 0.444 e. The van der Waals surface area contributed by atoms with Crippen molar-refractivity contribution in [1.29, 1.82) is 0 Å². The van der Waals surface area contributed by atoms with E-state index in [1.54, 1.807) is 4.90 Å². The molecule has 0 aromatic carbocycles. The quantitative estimate of drug-likeness (QED) is 0.616. The number of carbonyl (C=O) groups excluding carboxylic acids is 2. The number of hydrogen-bond donors (Lipinski definition) is 0. The smallest absolute Gasteiger partial charge is 0.410 e. The number of amides is 1. The van der Waals surface area contributed by atoms with Crippen LogP contribution in [0.5, 0.6) is 0 Å². The molecular weight excluding hydrogens is 194 g/mol. The molecule has 0 aromatic heterocycles. The third-order valence-corrected chi connectivity index (χ3v) is 2.97. The Morgan fingerprint density at radius 3 is 2.67 bits per heavy atom. The van der Waals surface area contributed by atoms with Gasteiger partial charge in [0.1, 0.15) is 11.9 Å². The lowest BCUT2D eigenvalue weighted by molar-refractivity contribution is -0.112. The molecule has 2 aliphatic rings. The molecule has 0 N–H and O–H groups in total. The van der Waals surface area contributed by atoms with Crippen LogP contribution in [0.4, 0.5) is 4.79 Å². The van der Waals surface area contributed by atoms with Crippen LogP contribution in [0, 0.1) is 11.8 Å². The lowest BCUT2D eigenvalue weighted by Crippen LogP contribution is -2.42. The molecule has 1 saturated carbocycles. The lowest BCUT2D eigenvalue weighted by atomic mass is 10.2. The van der Waals surface area contributed by atoms with E-state index in [1.165, 1.54) is 0 Å². The van der Waals surface area contributed by atoms with Crippen molar-refractivity contribution in [2.45, 2.75) is 38.8 Å². The molecule has 0 bridgehead atoms. The molecule has 0 unspecified atom stereocenters. The van der Waals surface area contributed by atoms with Crippen LogP contribution >= 0.6 is 0 Å². The normalized spacial score (nSPS) is 33.5. The van der Waals surface area contributed by atoms with Crippen LogP contribution in [0.15, 0.2) is 0 Å². The molecule has 1 aliphatic carbocycles. The second-order valence-electron chi connectivity index (χ2n) is 5.42. The number of rotatable bonds is 1. The molecule has 0 aromatic rings. The Bertz CT molecular complexity index is 295. The van der Waals surface area contributed by atoms with Crippen LogP contribution in [-0.2, 0) is 9.53 Å². The van der Waals surface area contributed by atoms with Crippen LogP contribution < -0.4 is 0 Å². The maximum Gasteiger partial charge on any atom is 0.410 e. The Morgan fingerprint density at radius 2 is 2.13 bits per heavy atom. The van der Waals surface area contributed by atoms with Crippen LogP contribution in [0.1, 0.15) is 27.2 Å². The predicted octanol–water partition coefficient (Wildman–Crippen LogP) is 1.44. The lowest BCUT2D eigenvalue weighted by Gasteiger charge is -2.27. The van der Waals surface area contributed by atoms with Crippen molar-refractivity contribution in [2.24, 2.45) is 11.8 Å². The zero-order chi connectivity index (χ0) is 11.2. The third-order valence-electron chi connectivity index (χ3n) is 2.97. The average Bonchev–Trinajstić information content (AvgIpc) is 2.75. The summed E-state index contributed by atoms with van der Waals surface area (Å²) in [5.74, 6) is 0.933. The standard InChI is InChI=1S/C11H17NO3/c1-11(2,3)15-10(14)12-5-7-4-8(7)9(12)6-13/h6-9H,4-5H2,1-3H3/t7-,8-,9-/m0/s1. The highest BCUT2D eigenvalue weighted by Crippen LogP contribution is 2.49. The molecular formula is C11H17NO3. The van der Waals surface area contributed by atoms with E-state index in [0.717, 1.165) is 12.7 Å². The van der Waals surface area contributed by atoms with Gasteiger partial charge in [-0.3, -0.25) is 4.90 Å². The number of fused-ring (bicyclic) bond motifs is 1. The van der Waals surface area contributed by atoms with Crippen LogP contribution in [0.2, 0.25) is 0 Å². The fraction of sp³-hybridized carbons (Fsp3) is 0.818. The summed E-state index contributed by atoms with van der Waals surface area (Å²) in [6, 6.07) is -0.246. The summed E-state index contributed by atoms with van der Waals surface area (Å²) in [4.78, 5) is 24.2. The van der Waals surface area contributed by atoms with E-state index in [2.05, 4.69) is 0 Å². The van der Waals surface area contributed by atoms with Gasteiger partial charge in [-0.15, -0.1) is 0 Å². The molecule has 3 atom stereocenters. The monoisotopic (exact) mass is 211 g/mol. The average molecular weight is 211 g/mol. The Labute approximate surface area is 89.6 Å². The van der Waals surface area contributed by atoms with Crippen molar-refractivity contribution < 1.29 is 14.3 Å². The summed E-state index contributed by atoms with van der Waals surface area (Å²) < 4.78 is 5.25. The molecule has 84 valence electrons. The number of nitrogens with zero attached hydrogens (tertiary/aromatic N) is 1. The van der Waals surface area contributed by atoms with Crippen molar-refractivity contribution in [1.82, 2.24) is 4.90 Å². The van der Waals surface area contributed by atoms with Gasteiger partial charge in [-0.05, 0) is 39.0 Å². The van der Waals surface area contributed by atoms with Gasteiger partial charge in [0.2, 0.25) is 0 Å². The molecule has 4 heteroatoms. The van der Waals surface area contributed by atoms with Crippen molar-refractivity contribution in [3.05, 3.63) is 0 Å². The van der Waals surface area contributed by atoms with Crippen LogP contribution in [-0.4, -0.2) is 35.5 Å². The summed E-state index contributed by atoms with van der Waals surface area (Å²) in [6.07, 6.45) is 1.61. The first-order chi connectivity index (χ1) is 6.92. The van der Waals surface area contributed by atoms with E-state index in [-0.39, 0.29) is 12.1 Å². The zero-order valence-corrected chi connectivity index (χ0v) is 9.40. The van der Waals surface area contributed by atoms with Crippen LogP contribution in [0.3, 0.4) is 0 Å². The van der Waals surface area contributed by atoms with Gasteiger partial charge in [0, 0.05) is 6.54 Å². The van der Waals surface area contributed by atoms with Gasteiger partial charge in [0.25, 0.3) is 0 Å². The minimum absolute atomic E-state index is 0.246. The second kappa shape index (κ2) is 3.22. The minimum Gasteiger partial charge on any atom is -0.444 e. The number of ether oxygens (including phenoxy) is 1. The van der Waals surface area contributed by atoms with Crippen LogP contribution in [0.25, 0.3) is 0 Å². The summed E-state index contributed by atoms with van der Waals surface area (Å²) >= 11 is 0. The van der Waals surface area contributed by atoms with Crippen molar-refractivity contribution in [3.8, 4) is 0 Å². The molecule has 4 nitrogen and oxygen atoms in total. The topological polar surface area (TPSA) is 46.6 Å². The van der Waals surface area contributed by atoms with Crippen molar-refractivity contribution in [2.75, 3.05) is 6.54 Å². The second-order valence-corrected chi connectivity index (χ2v) is 5.42. The number of likely N-dealkylation sites (tertiary alicyclic amines) is 1. The number of hydrogen-bond acceptors (Lipinski definition) is 3. The first-order valence-electron chi connectivity index (χ1n) is 5.37. The Hall–Kier alpha value is -1.06. The Morgan fingerprint density at radius 1 is 1.47 bits per heavy atom. The number of aldehydes is 1. The minimum atomic E-state index is -0.489. The van der Waals surface area contributed by atoms with E-state index in [1.807, 2.05) is 20.8 Å². The summed E-state index contributed by atoms with van der Waals surface area (Å²) in [5, 5.41) is 0. The highest BCUT2D eigenvalue weighted by atomic mass is 16.6. The highest BCUT2D eigenvalue weighted by molar-refractivity contribution is 5.75. The molecule has 1 amide bonds. The van der Waals surface area contributed by atoms with E-state index >= 15 is 0 Å². The maximum absolute atomic E-state index is 11.7. The highest BCUT2D eigenvalue weighted by Gasteiger charge is 2.54. The molecule has 1 aliphatic heterocycles. The first-order valence-corrected chi connectivity index (χ1v) is 5.37. The molecule has 0 spiro atoms. The van der Waals surface area contributed by atoms with E-state index in [4.69, 9.17) is 4.74 Å². The van der Waals surface area contributed by atoms with Gasteiger partial charge in [0.05, 0.1) is 6.04 Å². The zero-order valence-electron chi connectivity index (χ0n) is 9.40. The number of piperidine rings is 1. The fourth-order valence-electron chi connectivity index (χ4n) is 2.20. The molecule has 1 saturated heterocycles. The van der Waals surface area contributed by atoms with E-state index < -0.39 is 5.60 Å². The van der Waals surface area contributed by atoms with Gasteiger partial charge in [0.15, 0.2) is 0 Å². The van der Waals surface area contributed by atoms with Gasteiger partial charge >= 0.3 is 6.09 Å². The molecule has 15 heavy (non-hydrogen) atoms. The predicted molar refractivity (Wildman–Crippen MR) is 54.4 cm³/mol. The molecule has 2 fully saturated rings. The van der Waals surface area contributed by atoms with Crippen molar-refractivity contribution in [3.63, 3.8) is 0 Å². The fourth-order valence-corrected chi connectivity index (χ4v) is 2.20. The summed E-state index contributed by atoms with van der Waals surface area (Å²) in [6.45, 7) is 6.18. The maximum atomic E-state index is 11.7. The Balaban J connectivity index is 1.99. The summed E-state index contributed by atoms with van der Waals surface area (Å²) in [7, 11) is 0. The molecule has 0 radical (unpaired) electrons.